The van der Waals surface area contributed by atoms with E-state index in [2.05, 4.69) is 13.8 Å². The van der Waals surface area contributed by atoms with Crippen molar-refractivity contribution in [2.45, 2.75) is 96.6 Å². The van der Waals surface area contributed by atoms with Crippen molar-refractivity contribution in [2.24, 2.45) is 0 Å². The highest BCUT2D eigenvalue weighted by molar-refractivity contribution is 6.33. The topological polar surface area (TPSA) is 77.5 Å². The third-order valence-electron chi connectivity index (χ3n) is 5.96. The van der Waals surface area contributed by atoms with Gasteiger partial charge in [0.2, 0.25) is 0 Å². The molecular weight excluding hydrogens is 444 g/mol. The van der Waals surface area contributed by atoms with Gasteiger partial charge in [-0.25, -0.2) is 4.79 Å². The van der Waals surface area contributed by atoms with Gasteiger partial charge in [0, 0.05) is 18.9 Å². The Balaban J connectivity index is 2.00. The molecule has 0 unspecified atom stereocenters. The van der Waals surface area contributed by atoms with Crippen molar-refractivity contribution in [2.75, 3.05) is 13.2 Å². The van der Waals surface area contributed by atoms with Crippen molar-refractivity contribution in [1.82, 2.24) is 0 Å². The second-order valence-corrected chi connectivity index (χ2v) is 9.26. The summed E-state index contributed by atoms with van der Waals surface area (Å²) < 4.78 is 23.5. The maximum absolute atomic E-state index is 13.3. The second kappa shape index (κ2) is 12.6. The van der Waals surface area contributed by atoms with Crippen molar-refractivity contribution < 1.29 is 28.8 Å². The van der Waals surface area contributed by atoms with Crippen LogP contribution in [0.4, 0.5) is 0 Å². The molecule has 3 rings (SSSR count). The van der Waals surface area contributed by atoms with Crippen LogP contribution in [0.25, 0.3) is 0 Å². The van der Waals surface area contributed by atoms with Crippen molar-refractivity contribution in [3.63, 3.8) is 0 Å². The average Bonchev–Trinajstić information content (AvgIpc) is 3.51. The smallest absolute Gasteiger partial charge is 0.342 e. The number of esters is 1. The lowest BCUT2D eigenvalue weighted by molar-refractivity contribution is 0.0303. The Kier molecular flexibility index (Phi) is 9.90. The largest absolute Gasteiger partial charge is 0.493 e. The van der Waals surface area contributed by atoms with Crippen LogP contribution in [0.2, 0.25) is 5.02 Å². The van der Waals surface area contributed by atoms with Crippen LogP contribution >= 0.6 is 11.6 Å². The number of rotatable bonds is 8. The molecule has 1 N–H and O–H groups in total. The molecule has 33 heavy (non-hydrogen) atoms. The molecule has 2 aliphatic rings. The summed E-state index contributed by atoms with van der Waals surface area (Å²) in [5.74, 6) is 0.342. The first-order valence-corrected chi connectivity index (χ1v) is 12.6. The third kappa shape index (κ3) is 7.36. The van der Waals surface area contributed by atoms with Crippen LogP contribution in [0.1, 0.15) is 81.6 Å². The van der Waals surface area contributed by atoms with Gasteiger partial charge in [-0.15, -0.1) is 0 Å². The molecule has 0 aromatic heterocycles. The predicted molar refractivity (Wildman–Crippen MR) is 128 cm³/mol. The van der Waals surface area contributed by atoms with Gasteiger partial charge in [-0.3, -0.25) is 0 Å². The number of epoxide rings is 1. The Morgan fingerprint density at radius 1 is 1.12 bits per heavy atom. The van der Waals surface area contributed by atoms with E-state index < -0.39 is 12.1 Å². The zero-order valence-electron chi connectivity index (χ0n) is 20.0. The fraction of sp³-hybridized carbons (Fsp3) is 0.654. The fourth-order valence-electron chi connectivity index (χ4n) is 4.00. The summed E-state index contributed by atoms with van der Waals surface area (Å²) in [6.07, 6.45) is 9.08. The molecule has 1 fully saturated rings. The molecule has 4 atom stereocenters. The lowest BCUT2D eigenvalue weighted by Gasteiger charge is -2.22. The van der Waals surface area contributed by atoms with Gasteiger partial charge >= 0.3 is 5.97 Å². The molecule has 0 amide bonds. The maximum atomic E-state index is 13.3. The molecule has 6 nitrogen and oxygen atoms in total. The van der Waals surface area contributed by atoms with Crippen molar-refractivity contribution in [3.8, 4) is 11.5 Å². The Morgan fingerprint density at radius 3 is 2.52 bits per heavy atom. The molecule has 2 aliphatic heterocycles. The van der Waals surface area contributed by atoms with Gasteiger partial charge in [-0.1, -0.05) is 50.4 Å². The Hall–Kier alpha value is -1.76. The van der Waals surface area contributed by atoms with E-state index >= 15 is 0 Å². The molecule has 1 saturated heterocycles. The minimum atomic E-state index is -0.806. The maximum Gasteiger partial charge on any atom is 0.342 e. The SMILES string of the molecule is CCCCOc1cc(OCCCC)c2c(c1Cl)C[C@@H](O)C=CCC[C@@H]1O[C@H]1C[C@@H](C)OC2=O. The van der Waals surface area contributed by atoms with Crippen LogP contribution in [0, 0.1) is 0 Å². The normalized spacial score (nSPS) is 25.4. The minimum absolute atomic E-state index is 0.103. The number of aliphatic hydroxyl groups is 1. The number of ether oxygens (including phenoxy) is 4. The monoisotopic (exact) mass is 480 g/mol. The van der Waals surface area contributed by atoms with E-state index in [0.717, 1.165) is 38.5 Å². The van der Waals surface area contributed by atoms with E-state index in [9.17, 15) is 9.90 Å². The molecule has 7 heteroatoms. The number of unbranched alkanes of at least 4 members (excludes halogenated alkanes) is 2. The Bertz CT molecular complexity index is 823. The second-order valence-electron chi connectivity index (χ2n) is 8.89. The highest BCUT2D eigenvalue weighted by atomic mass is 35.5. The minimum Gasteiger partial charge on any atom is -0.493 e. The number of carbonyl (C=O) groups excluding carboxylic acids is 1. The quantitative estimate of drug-likeness (QED) is 0.224. The van der Waals surface area contributed by atoms with Crippen molar-refractivity contribution in [1.29, 1.82) is 0 Å². The standard InChI is InChI=1S/C26H37ClO6/c1-4-6-12-30-22-16-23(31-13-7-5-2)25(27)19-15-18(28)10-8-9-11-20-21(33-20)14-17(3)32-26(29)24(19)22/h8,10,16-18,20-21,28H,4-7,9,11-15H2,1-3H3/t17-,18+,20+,21+/m1/s1. The molecular formula is C26H37ClO6. The predicted octanol–water partition coefficient (Wildman–Crippen LogP) is 5.65. The van der Waals surface area contributed by atoms with Crippen molar-refractivity contribution in [3.05, 3.63) is 34.4 Å². The number of hydrogen-bond donors (Lipinski definition) is 1. The van der Waals surface area contributed by atoms with Crippen LogP contribution in [0.3, 0.4) is 0 Å². The van der Waals surface area contributed by atoms with Crippen LogP contribution in [-0.2, 0) is 15.9 Å². The van der Waals surface area contributed by atoms with Crippen LogP contribution < -0.4 is 9.47 Å². The number of aliphatic hydroxyl groups excluding tert-OH is 1. The summed E-state index contributed by atoms with van der Waals surface area (Å²) in [4.78, 5) is 13.3. The van der Waals surface area contributed by atoms with Gasteiger partial charge in [-0.05, 0) is 38.2 Å². The number of carbonyl (C=O) groups is 1. The zero-order valence-corrected chi connectivity index (χ0v) is 20.7. The van der Waals surface area contributed by atoms with E-state index in [1.165, 1.54) is 0 Å². The average molecular weight is 481 g/mol. The zero-order chi connectivity index (χ0) is 23.8. The highest BCUT2D eigenvalue weighted by Gasteiger charge is 2.39. The van der Waals surface area contributed by atoms with Crippen molar-refractivity contribution >= 4 is 17.6 Å². The Labute approximate surface area is 202 Å². The number of halogens is 1. The van der Waals surface area contributed by atoms with Gasteiger partial charge in [0.1, 0.15) is 23.2 Å². The molecule has 1 aromatic carbocycles. The highest BCUT2D eigenvalue weighted by Crippen LogP contribution is 2.40. The van der Waals surface area contributed by atoms with E-state index in [0.29, 0.717) is 41.7 Å². The summed E-state index contributed by atoms with van der Waals surface area (Å²) in [6, 6.07) is 1.68. The number of cyclic esters (lactones) is 1. The number of hydrogen-bond acceptors (Lipinski definition) is 6. The Morgan fingerprint density at radius 2 is 1.82 bits per heavy atom. The van der Waals surface area contributed by atoms with Gasteiger partial charge in [0.15, 0.2) is 0 Å². The molecule has 184 valence electrons. The van der Waals surface area contributed by atoms with E-state index in [1.807, 2.05) is 13.0 Å². The molecule has 0 aliphatic carbocycles. The fourth-order valence-corrected chi connectivity index (χ4v) is 4.28. The third-order valence-corrected chi connectivity index (χ3v) is 6.37. The van der Waals surface area contributed by atoms with Gasteiger partial charge in [0.05, 0.1) is 36.5 Å². The van der Waals surface area contributed by atoms with Gasteiger partial charge in [0.25, 0.3) is 0 Å². The number of allylic oxidation sites excluding steroid dienone is 1. The molecule has 2 heterocycles. The van der Waals surface area contributed by atoms with E-state index in [4.69, 9.17) is 30.5 Å². The molecule has 0 radical (unpaired) electrons. The first-order valence-electron chi connectivity index (χ1n) is 12.3. The summed E-state index contributed by atoms with van der Waals surface area (Å²) >= 11 is 6.74. The van der Waals surface area contributed by atoms with E-state index in [1.54, 1.807) is 12.1 Å². The summed E-state index contributed by atoms with van der Waals surface area (Å²) in [5, 5.41) is 11.0. The summed E-state index contributed by atoms with van der Waals surface area (Å²) in [7, 11) is 0. The number of benzene rings is 1. The molecule has 0 saturated carbocycles. The summed E-state index contributed by atoms with van der Waals surface area (Å²) in [6.45, 7) is 7.01. The molecule has 0 bridgehead atoms. The first kappa shape index (κ1) is 25.9. The van der Waals surface area contributed by atoms with Gasteiger partial charge < -0.3 is 24.1 Å². The molecule has 1 aromatic rings. The van der Waals surface area contributed by atoms with Gasteiger partial charge in [-0.2, -0.15) is 0 Å². The number of fused-ring (bicyclic) bond motifs is 2. The van der Waals surface area contributed by atoms with Crippen LogP contribution in [0.15, 0.2) is 18.2 Å². The van der Waals surface area contributed by atoms with Crippen LogP contribution in [0.5, 0.6) is 11.5 Å². The molecule has 0 spiro atoms. The lowest BCUT2D eigenvalue weighted by atomic mass is 9.98. The van der Waals surface area contributed by atoms with E-state index in [-0.39, 0.29) is 30.3 Å². The lowest BCUT2D eigenvalue weighted by Crippen LogP contribution is -2.21. The summed E-state index contributed by atoms with van der Waals surface area (Å²) in [5.41, 5.74) is 0.757. The van der Waals surface area contributed by atoms with Crippen LogP contribution in [-0.4, -0.2) is 48.7 Å². The first-order chi connectivity index (χ1) is 15.9.